The Kier molecular flexibility index (Phi) is 7.07. The molecule has 158 valence electrons. The molecule has 1 fully saturated rings. The fourth-order valence-corrected chi connectivity index (χ4v) is 4.55. The minimum Gasteiger partial charge on any atom is -0.497 e. The molecule has 0 spiro atoms. The zero-order chi connectivity index (χ0) is 20.9. The lowest BCUT2D eigenvalue weighted by atomic mass is 10.3. The summed E-state index contributed by atoms with van der Waals surface area (Å²) >= 11 is 0. The predicted molar refractivity (Wildman–Crippen MR) is 106 cm³/mol. The Morgan fingerprint density at radius 2 is 1.59 bits per heavy atom. The molecule has 2 aromatic carbocycles. The number of β-amino-alcohol motifs (C(OH)–C–C–N with tert-alkyl or cyclic N) is 1. The smallest absolute Gasteiger partial charge is 0.243 e. The van der Waals surface area contributed by atoms with Gasteiger partial charge in [0.05, 0.1) is 12.0 Å². The number of nitrogens with zero attached hydrogens (tertiary/aromatic N) is 2. The van der Waals surface area contributed by atoms with Crippen molar-refractivity contribution in [3.8, 4) is 11.5 Å². The Labute approximate surface area is 170 Å². The van der Waals surface area contributed by atoms with E-state index in [0.717, 1.165) is 0 Å². The number of piperazine rings is 1. The van der Waals surface area contributed by atoms with E-state index < -0.39 is 16.1 Å². The van der Waals surface area contributed by atoms with Crippen LogP contribution in [0.15, 0.2) is 53.4 Å². The highest BCUT2D eigenvalue weighted by Gasteiger charge is 2.29. The van der Waals surface area contributed by atoms with Crippen molar-refractivity contribution >= 4 is 10.0 Å². The third kappa shape index (κ3) is 5.66. The van der Waals surface area contributed by atoms with Crippen molar-refractivity contribution in [2.45, 2.75) is 11.0 Å². The van der Waals surface area contributed by atoms with Crippen LogP contribution < -0.4 is 9.47 Å². The third-order valence-electron chi connectivity index (χ3n) is 4.75. The molecule has 0 amide bonds. The average molecular weight is 424 g/mol. The van der Waals surface area contributed by atoms with Gasteiger partial charge in [-0.25, -0.2) is 12.8 Å². The van der Waals surface area contributed by atoms with Gasteiger partial charge in [-0.15, -0.1) is 0 Å². The monoisotopic (exact) mass is 424 g/mol. The fraction of sp³-hybridized carbons (Fsp3) is 0.400. The molecule has 0 unspecified atom stereocenters. The predicted octanol–water partition coefficient (Wildman–Crippen LogP) is 1.58. The van der Waals surface area contributed by atoms with Gasteiger partial charge in [-0.1, -0.05) is 0 Å². The summed E-state index contributed by atoms with van der Waals surface area (Å²) in [6, 6.07) is 11.9. The lowest BCUT2D eigenvalue weighted by molar-refractivity contribution is 0.0569. The number of hydrogen-bond donors (Lipinski definition) is 1. The van der Waals surface area contributed by atoms with E-state index in [2.05, 4.69) is 0 Å². The Morgan fingerprint density at radius 3 is 2.17 bits per heavy atom. The molecule has 0 aliphatic carbocycles. The number of rotatable bonds is 8. The van der Waals surface area contributed by atoms with Gasteiger partial charge in [-0.05, 0) is 48.5 Å². The summed E-state index contributed by atoms with van der Waals surface area (Å²) in [5.41, 5.74) is 0. The molecule has 29 heavy (non-hydrogen) atoms. The maximum absolute atomic E-state index is 12.9. The first-order valence-corrected chi connectivity index (χ1v) is 10.8. The SMILES string of the molecule is COc1ccc(S(=O)(=O)N2CCN(C[C@@H](O)COc3ccc(F)cc3)CC2)cc1. The lowest BCUT2D eigenvalue weighted by Gasteiger charge is -2.34. The van der Waals surface area contributed by atoms with E-state index in [1.807, 2.05) is 4.90 Å². The van der Waals surface area contributed by atoms with Crippen molar-refractivity contribution in [3.05, 3.63) is 54.3 Å². The summed E-state index contributed by atoms with van der Waals surface area (Å²) in [6.45, 7) is 2.18. The van der Waals surface area contributed by atoms with Gasteiger partial charge in [0.1, 0.15) is 30.0 Å². The second-order valence-corrected chi connectivity index (χ2v) is 8.74. The first-order chi connectivity index (χ1) is 13.9. The van der Waals surface area contributed by atoms with Crippen molar-refractivity contribution in [2.75, 3.05) is 46.4 Å². The fourth-order valence-electron chi connectivity index (χ4n) is 3.12. The molecular weight excluding hydrogens is 399 g/mol. The largest absolute Gasteiger partial charge is 0.497 e. The second-order valence-electron chi connectivity index (χ2n) is 6.80. The first kappa shape index (κ1) is 21.5. The molecule has 1 heterocycles. The van der Waals surface area contributed by atoms with Gasteiger partial charge in [0.2, 0.25) is 10.0 Å². The molecule has 2 aromatic rings. The number of sulfonamides is 1. The van der Waals surface area contributed by atoms with Gasteiger partial charge in [0, 0.05) is 32.7 Å². The molecule has 0 radical (unpaired) electrons. The van der Waals surface area contributed by atoms with Crippen LogP contribution in [0.25, 0.3) is 0 Å². The molecule has 0 bridgehead atoms. The van der Waals surface area contributed by atoms with Gasteiger partial charge < -0.3 is 14.6 Å². The molecule has 7 nitrogen and oxygen atoms in total. The van der Waals surface area contributed by atoms with Crippen LogP contribution in [-0.4, -0.2) is 75.3 Å². The van der Waals surface area contributed by atoms with E-state index >= 15 is 0 Å². The quantitative estimate of drug-likeness (QED) is 0.693. The number of halogens is 1. The molecule has 1 N–H and O–H groups in total. The number of ether oxygens (including phenoxy) is 2. The number of benzene rings is 2. The van der Waals surface area contributed by atoms with Crippen molar-refractivity contribution in [3.63, 3.8) is 0 Å². The molecule has 9 heteroatoms. The van der Waals surface area contributed by atoms with E-state index in [1.54, 1.807) is 12.1 Å². The highest BCUT2D eigenvalue weighted by molar-refractivity contribution is 7.89. The van der Waals surface area contributed by atoms with Gasteiger partial charge in [0.15, 0.2) is 0 Å². The van der Waals surface area contributed by atoms with Crippen molar-refractivity contribution < 1.29 is 27.4 Å². The van der Waals surface area contributed by atoms with E-state index in [1.165, 1.54) is 47.8 Å². The minimum atomic E-state index is -3.56. The molecule has 1 aliphatic rings. The zero-order valence-electron chi connectivity index (χ0n) is 16.2. The van der Waals surface area contributed by atoms with Crippen LogP contribution in [0.4, 0.5) is 4.39 Å². The lowest BCUT2D eigenvalue weighted by Crippen LogP contribution is -2.50. The molecule has 1 aliphatic heterocycles. The third-order valence-corrected chi connectivity index (χ3v) is 6.67. The minimum absolute atomic E-state index is 0.0794. The van der Waals surface area contributed by atoms with E-state index in [0.29, 0.717) is 44.2 Å². The summed E-state index contributed by atoms with van der Waals surface area (Å²) in [5.74, 6) is 0.742. The number of aliphatic hydroxyl groups is 1. The molecule has 0 saturated carbocycles. The molecule has 0 aromatic heterocycles. The van der Waals surface area contributed by atoms with Crippen LogP contribution in [0, 0.1) is 5.82 Å². The summed E-state index contributed by atoms with van der Waals surface area (Å²) in [6.07, 6.45) is -0.732. The van der Waals surface area contributed by atoms with E-state index in [4.69, 9.17) is 9.47 Å². The number of aliphatic hydroxyl groups excluding tert-OH is 1. The Hall–Kier alpha value is -2.20. The van der Waals surface area contributed by atoms with Gasteiger partial charge >= 0.3 is 0 Å². The number of methoxy groups -OCH3 is 1. The van der Waals surface area contributed by atoms with Gasteiger partial charge in [-0.2, -0.15) is 4.31 Å². The standard InChI is InChI=1S/C20H25FN2O5S/c1-27-18-6-8-20(9-7-18)29(25,26)23-12-10-22(11-13-23)14-17(24)15-28-19-4-2-16(21)3-5-19/h2-9,17,24H,10-15H2,1H3/t17-/m1/s1. The van der Waals surface area contributed by atoms with Crippen molar-refractivity contribution in [2.24, 2.45) is 0 Å². The van der Waals surface area contributed by atoms with Gasteiger partial charge in [-0.3, -0.25) is 4.90 Å². The topological polar surface area (TPSA) is 79.3 Å². The van der Waals surface area contributed by atoms with E-state index in [-0.39, 0.29) is 17.3 Å². The Bertz CT molecular complexity index is 882. The Morgan fingerprint density at radius 1 is 1.00 bits per heavy atom. The molecule has 1 saturated heterocycles. The maximum atomic E-state index is 12.9. The highest BCUT2D eigenvalue weighted by Crippen LogP contribution is 2.20. The molecule has 1 atom stereocenters. The summed E-state index contributed by atoms with van der Waals surface area (Å²) in [5, 5.41) is 10.2. The van der Waals surface area contributed by atoms with Gasteiger partial charge in [0.25, 0.3) is 0 Å². The van der Waals surface area contributed by atoms with Crippen molar-refractivity contribution in [1.29, 1.82) is 0 Å². The summed E-state index contributed by atoms with van der Waals surface area (Å²) in [4.78, 5) is 2.23. The summed E-state index contributed by atoms with van der Waals surface area (Å²) < 4.78 is 50.4. The van der Waals surface area contributed by atoms with E-state index in [9.17, 15) is 17.9 Å². The van der Waals surface area contributed by atoms with Crippen molar-refractivity contribution in [1.82, 2.24) is 9.21 Å². The maximum Gasteiger partial charge on any atom is 0.243 e. The van der Waals surface area contributed by atoms with Crippen LogP contribution in [0.2, 0.25) is 0 Å². The first-order valence-electron chi connectivity index (χ1n) is 9.31. The zero-order valence-corrected chi connectivity index (χ0v) is 17.0. The van der Waals surface area contributed by atoms with Crippen LogP contribution >= 0.6 is 0 Å². The average Bonchev–Trinajstić information content (AvgIpc) is 2.74. The molecular formula is C20H25FN2O5S. The second kappa shape index (κ2) is 9.53. The Balaban J connectivity index is 1.47. The summed E-state index contributed by atoms with van der Waals surface area (Å²) in [7, 11) is -2.03. The normalized spacial score (nSPS) is 17.1. The van der Waals surface area contributed by atoms with Crippen LogP contribution in [0.1, 0.15) is 0 Å². The highest BCUT2D eigenvalue weighted by atomic mass is 32.2. The van der Waals surface area contributed by atoms with Crippen LogP contribution in [0.3, 0.4) is 0 Å². The molecule has 3 rings (SSSR count). The van der Waals surface area contributed by atoms with Crippen LogP contribution in [-0.2, 0) is 10.0 Å². The van der Waals surface area contributed by atoms with Crippen LogP contribution in [0.5, 0.6) is 11.5 Å². The number of hydrogen-bond acceptors (Lipinski definition) is 6.